The van der Waals surface area contributed by atoms with Crippen LogP contribution in [0.5, 0.6) is 0 Å². The van der Waals surface area contributed by atoms with E-state index in [1.165, 1.54) is 32.4 Å². The molecule has 0 N–H and O–H groups in total. The molecule has 2 aliphatic heterocycles. The Morgan fingerprint density at radius 2 is 1.50 bits per heavy atom. The molecular formula is C20H40N2O2. The fraction of sp³-hybridized carbons (Fsp3) is 0.950. The van der Waals surface area contributed by atoms with Crippen LogP contribution >= 0.6 is 0 Å². The lowest BCUT2D eigenvalue weighted by Crippen LogP contribution is -2.45. The molecule has 4 heteroatoms. The van der Waals surface area contributed by atoms with Crippen LogP contribution in [0.25, 0.3) is 0 Å². The van der Waals surface area contributed by atoms with Gasteiger partial charge in [0.05, 0.1) is 18.8 Å². The maximum atomic E-state index is 11.5. The van der Waals surface area contributed by atoms with Crippen molar-refractivity contribution in [1.29, 1.82) is 0 Å². The number of likely N-dealkylation sites (tertiary alicyclic amines) is 2. The van der Waals surface area contributed by atoms with Crippen LogP contribution in [0, 0.1) is 0 Å². The van der Waals surface area contributed by atoms with E-state index in [0.717, 1.165) is 25.9 Å². The van der Waals surface area contributed by atoms with Gasteiger partial charge in [0.1, 0.15) is 5.78 Å². The molecule has 0 saturated carbocycles. The lowest BCUT2D eigenvalue weighted by molar-refractivity contribution is -0.121. The summed E-state index contributed by atoms with van der Waals surface area (Å²) in [7, 11) is 0. The standard InChI is InChI=1S/C18H34N2O2.C2H6/c1-4-15(3)20-12-8-18(9-13-20)22-17-6-10-19(11-7-17)14-16(21)5-2;1-2/h15,17-18H,4-14H2,1-3H3;1-2H3. The van der Waals surface area contributed by atoms with Crippen molar-refractivity contribution in [3.8, 4) is 0 Å². The van der Waals surface area contributed by atoms with Gasteiger partial charge in [-0.3, -0.25) is 9.69 Å². The average Bonchev–Trinajstić information content (AvgIpc) is 2.65. The van der Waals surface area contributed by atoms with Crippen molar-refractivity contribution < 1.29 is 9.53 Å². The van der Waals surface area contributed by atoms with Gasteiger partial charge < -0.3 is 9.64 Å². The van der Waals surface area contributed by atoms with Crippen molar-refractivity contribution in [3.05, 3.63) is 0 Å². The van der Waals surface area contributed by atoms with Gasteiger partial charge in [0.25, 0.3) is 0 Å². The number of hydrogen-bond acceptors (Lipinski definition) is 4. The van der Waals surface area contributed by atoms with Crippen molar-refractivity contribution in [2.24, 2.45) is 0 Å². The van der Waals surface area contributed by atoms with Gasteiger partial charge in [0.2, 0.25) is 0 Å². The molecule has 142 valence electrons. The van der Waals surface area contributed by atoms with E-state index >= 15 is 0 Å². The van der Waals surface area contributed by atoms with Crippen LogP contribution in [0.4, 0.5) is 0 Å². The molecule has 2 fully saturated rings. The molecule has 0 amide bonds. The van der Waals surface area contributed by atoms with E-state index in [4.69, 9.17) is 4.74 Å². The molecule has 4 nitrogen and oxygen atoms in total. The number of piperidine rings is 2. The number of Topliss-reactive ketones (excluding diaryl/α,β-unsaturated/α-hetero) is 1. The van der Waals surface area contributed by atoms with E-state index in [1.807, 2.05) is 20.8 Å². The van der Waals surface area contributed by atoms with Crippen molar-refractivity contribution in [1.82, 2.24) is 9.80 Å². The van der Waals surface area contributed by atoms with E-state index in [9.17, 15) is 4.79 Å². The third-order valence-corrected chi connectivity index (χ3v) is 5.40. The second kappa shape index (κ2) is 12.0. The SMILES string of the molecule is CC.CCC(=O)CN1CCC(OC2CCN(C(C)CC)CC2)CC1. The summed E-state index contributed by atoms with van der Waals surface area (Å²) in [6, 6.07) is 0.709. The van der Waals surface area contributed by atoms with Crippen LogP contribution in [0.3, 0.4) is 0 Å². The summed E-state index contributed by atoms with van der Waals surface area (Å²) in [6.45, 7) is 15.6. The minimum atomic E-state index is 0.358. The third-order valence-electron chi connectivity index (χ3n) is 5.40. The molecule has 24 heavy (non-hydrogen) atoms. The monoisotopic (exact) mass is 340 g/mol. The Bertz CT molecular complexity index is 333. The molecule has 1 atom stereocenters. The number of ether oxygens (including phenoxy) is 1. The van der Waals surface area contributed by atoms with E-state index in [2.05, 4.69) is 23.6 Å². The first-order valence-corrected chi connectivity index (χ1v) is 10.3. The Morgan fingerprint density at radius 3 is 1.96 bits per heavy atom. The summed E-state index contributed by atoms with van der Waals surface area (Å²) in [5.41, 5.74) is 0. The second-order valence-electron chi connectivity index (χ2n) is 7.00. The highest BCUT2D eigenvalue weighted by atomic mass is 16.5. The molecule has 2 saturated heterocycles. The molecular weight excluding hydrogens is 300 g/mol. The van der Waals surface area contributed by atoms with Crippen LogP contribution in [-0.2, 0) is 9.53 Å². The fourth-order valence-electron chi connectivity index (χ4n) is 3.55. The summed E-state index contributed by atoms with van der Waals surface area (Å²) in [5, 5.41) is 0. The topological polar surface area (TPSA) is 32.8 Å². The summed E-state index contributed by atoms with van der Waals surface area (Å²) < 4.78 is 6.34. The van der Waals surface area contributed by atoms with Crippen LogP contribution in [0.1, 0.15) is 73.1 Å². The number of carbonyl (C=O) groups is 1. The molecule has 2 rings (SSSR count). The normalized spacial score (nSPS) is 22.7. The van der Waals surface area contributed by atoms with Gasteiger partial charge in [-0.15, -0.1) is 0 Å². The van der Waals surface area contributed by atoms with Crippen molar-refractivity contribution in [2.75, 3.05) is 32.7 Å². The van der Waals surface area contributed by atoms with Gasteiger partial charge in [-0.05, 0) is 39.0 Å². The lowest BCUT2D eigenvalue weighted by Gasteiger charge is -2.38. The predicted octanol–water partition coefficient (Wildman–Crippen LogP) is 3.74. The Morgan fingerprint density at radius 1 is 1.00 bits per heavy atom. The Hall–Kier alpha value is -0.450. The van der Waals surface area contributed by atoms with Gasteiger partial charge in [-0.1, -0.05) is 27.7 Å². The maximum Gasteiger partial charge on any atom is 0.146 e. The van der Waals surface area contributed by atoms with Crippen LogP contribution in [-0.4, -0.2) is 66.6 Å². The van der Waals surface area contributed by atoms with Gasteiger partial charge >= 0.3 is 0 Å². The number of hydrogen-bond donors (Lipinski definition) is 0. The summed E-state index contributed by atoms with van der Waals surface area (Å²) in [4.78, 5) is 16.4. The molecule has 2 heterocycles. The largest absolute Gasteiger partial charge is 0.375 e. The average molecular weight is 341 g/mol. The third kappa shape index (κ3) is 7.20. The smallest absolute Gasteiger partial charge is 0.146 e. The lowest BCUT2D eigenvalue weighted by atomic mass is 10.0. The zero-order chi connectivity index (χ0) is 17.9. The number of rotatable bonds is 7. The molecule has 1 unspecified atom stereocenters. The molecule has 0 bridgehead atoms. The van der Waals surface area contributed by atoms with Gasteiger partial charge in [-0.2, -0.15) is 0 Å². The summed E-state index contributed by atoms with van der Waals surface area (Å²) >= 11 is 0. The van der Waals surface area contributed by atoms with E-state index < -0.39 is 0 Å². The van der Waals surface area contributed by atoms with Crippen molar-refractivity contribution in [3.63, 3.8) is 0 Å². The van der Waals surface area contributed by atoms with E-state index in [1.54, 1.807) is 0 Å². The molecule has 0 radical (unpaired) electrons. The highest BCUT2D eigenvalue weighted by Gasteiger charge is 2.27. The van der Waals surface area contributed by atoms with Gasteiger partial charge in [0.15, 0.2) is 0 Å². The predicted molar refractivity (Wildman–Crippen MR) is 102 cm³/mol. The number of ketones is 1. The molecule has 2 aliphatic rings. The van der Waals surface area contributed by atoms with Gasteiger partial charge in [0, 0.05) is 38.6 Å². The number of carbonyl (C=O) groups excluding carboxylic acids is 1. The Balaban J connectivity index is 0.00000139. The first kappa shape index (κ1) is 21.6. The molecule has 0 aromatic heterocycles. The fourth-order valence-corrected chi connectivity index (χ4v) is 3.55. The molecule has 0 aliphatic carbocycles. The van der Waals surface area contributed by atoms with Crippen molar-refractivity contribution >= 4 is 5.78 Å². The minimum absolute atomic E-state index is 0.358. The molecule has 0 aromatic rings. The molecule has 0 aromatic carbocycles. The van der Waals surface area contributed by atoms with Crippen LogP contribution in [0.2, 0.25) is 0 Å². The quantitative estimate of drug-likeness (QED) is 0.707. The van der Waals surface area contributed by atoms with E-state index in [-0.39, 0.29) is 0 Å². The van der Waals surface area contributed by atoms with Crippen molar-refractivity contribution in [2.45, 2.75) is 91.4 Å². The summed E-state index contributed by atoms with van der Waals surface area (Å²) in [5.74, 6) is 0.358. The van der Waals surface area contributed by atoms with Crippen LogP contribution < -0.4 is 0 Å². The van der Waals surface area contributed by atoms with Gasteiger partial charge in [-0.25, -0.2) is 0 Å². The van der Waals surface area contributed by atoms with E-state index in [0.29, 0.717) is 37.0 Å². The zero-order valence-electron chi connectivity index (χ0n) is 16.7. The first-order valence-electron chi connectivity index (χ1n) is 10.3. The Kier molecular flexibility index (Phi) is 10.8. The highest BCUT2D eigenvalue weighted by Crippen LogP contribution is 2.22. The highest BCUT2D eigenvalue weighted by molar-refractivity contribution is 5.80. The zero-order valence-corrected chi connectivity index (χ0v) is 16.7. The van der Waals surface area contributed by atoms with Crippen LogP contribution in [0.15, 0.2) is 0 Å². The summed E-state index contributed by atoms with van der Waals surface area (Å²) in [6.07, 6.45) is 7.29. The Labute approximate surface area is 149 Å². The number of nitrogens with zero attached hydrogens (tertiary/aromatic N) is 2. The maximum absolute atomic E-state index is 11.5. The first-order chi connectivity index (χ1) is 11.6. The second-order valence-corrected chi connectivity index (χ2v) is 7.00. The molecule has 0 spiro atoms. The minimum Gasteiger partial charge on any atom is -0.375 e.